The second kappa shape index (κ2) is 8.01. The molecule has 0 aromatic carbocycles. The van der Waals surface area contributed by atoms with E-state index in [1.807, 2.05) is 0 Å². The number of hydrogen-bond donors (Lipinski definition) is 3. The molecule has 0 spiro atoms. The number of aromatic nitrogens is 5. The highest BCUT2D eigenvalue weighted by molar-refractivity contribution is 6.30. The fourth-order valence-corrected chi connectivity index (χ4v) is 2.18. The lowest BCUT2D eigenvalue weighted by atomic mass is 10.2. The molecule has 0 fully saturated rings. The molecule has 0 aliphatic carbocycles. The highest BCUT2D eigenvalue weighted by Crippen LogP contribution is 2.13. The van der Waals surface area contributed by atoms with Gasteiger partial charge in [-0.05, 0) is 19.4 Å². The second-order valence-electron chi connectivity index (χ2n) is 4.77. The summed E-state index contributed by atoms with van der Waals surface area (Å²) in [6.07, 6.45) is 6.68. The molecule has 20 heavy (non-hydrogen) atoms. The first kappa shape index (κ1) is 15.0. The summed E-state index contributed by atoms with van der Waals surface area (Å²) in [5.74, 6) is 1.91. The zero-order valence-electron chi connectivity index (χ0n) is 11.7. The summed E-state index contributed by atoms with van der Waals surface area (Å²) in [5, 5.41) is 10.6. The Kier molecular flexibility index (Phi) is 6.01. The van der Waals surface area contributed by atoms with E-state index in [1.54, 1.807) is 0 Å². The van der Waals surface area contributed by atoms with Gasteiger partial charge in [0.05, 0.1) is 5.69 Å². The van der Waals surface area contributed by atoms with E-state index in [9.17, 15) is 0 Å². The first-order valence-electron chi connectivity index (χ1n) is 7.07. The monoisotopic (exact) mass is 296 g/mol. The number of nitrogens with one attached hydrogen (secondary N) is 3. The van der Waals surface area contributed by atoms with E-state index in [1.165, 1.54) is 6.33 Å². The van der Waals surface area contributed by atoms with Crippen molar-refractivity contribution in [3.63, 3.8) is 0 Å². The van der Waals surface area contributed by atoms with Crippen LogP contribution in [0, 0.1) is 0 Å². The highest BCUT2D eigenvalue weighted by Gasteiger charge is 2.07. The van der Waals surface area contributed by atoms with Crippen molar-refractivity contribution >= 4 is 11.6 Å². The van der Waals surface area contributed by atoms with Crippen molar-refractivity contribution in [3.8, 4) is 0 Å². The predicted octanol–water partition coefficient (Wildman–Crippen LogP) is 2.25. The fourth-order valence-electron chi connectivity index (χ4n) is 1.96. The Labute approximate surface area is 123 Å². The number of aryl methyl sites for hydroxylation is 2. The molecule has 2 aromatic rings. The zero-order chi connectivity index (χ0) is 14.2. The second-order valence-corrected chi connectivity index (χ2v) is 5.13. The van der Waals surface area contributed by atoms with E-state index in [2.05, 4.69) is 37.4 Å². The first-order valence-corrected chi connectivity index (χ1v) is 7.45. The number of nitrogens with zero attached hydrogens (tertiary/aromatic N) is 3. The average molecular weight is 297 g/mol. The van der Waals surface area contributed by atoms with Gasteiger partial charge in [-0.1, -0.05) is 24.9 Å². The summed E-state index contributed by atoms with van der Waals surface area (Å²) in [4.78, 5) is 11.7. The Morgan fingerprint density at radius 1 is 1.25 bits per heavy atom. The Hall–Kier alpha value is -1.40. The SMILES string of the molecule is CCCCc1nc(Cl)c(CNCCCc2ncn[nH]2)[nH]1. The van der Waals surface area contributed by atoms with E-state index >= 15 is 0 Å². The van der Waals surface area contributed by atoms with Crippen molar-refractivity contribution in [2.75, 3.05) is 6.54 Å². The van der Waals surface area contributed by atoms with Crippen molar-refractivity contribution < 1.29 is 0 Å². The average Bonchev–Trinajstić information content (AvgIpc) is 3.06. The largest absolute Gasteiger partial charge is 0.344 e. The molecule has 7 heteroatoms. The summed E-state index contributed by atoms with van der Waals surface area (Å²) in [7, 11) is 0. The molecule has 0 atom stereocenters. The van der Waals surface area contributed by atoms with E-state index in [0.717, 1.165) is 56.0 Å². The van der Waals surface area contributed by atoms with Crippen molar-refractivity contribution in [2.24, 2.45) is 0 Å². The van der Waals surface area contributed by atoms with Crippen LogP contribution in [0.25, 0.3) is 0 Å². The van der Waals surface area contributed by atoms with Crippen LogP contribution in [-0.2, 0) is 19.4 Å². The molecule has 110 valence electrons. The minimum Gasteiger partial charge on any atom is -0.344 e. The lowest BCUT2D eigenvalue weighted by molar-refractivity contribution is 0.632. The number of hydrogen-bond acceptors (Lipinski definition) is 4. The molecule has 0 saturated heterocycles. The topological polar surface area (TPSA) is 82.3 Å². The van der Waals surface area contributed by atoms with E-state index in [0.29, 0.717) is 11.7 Å². The molecule has 0 unspecified atom stereocenters. The van der Waals surface area contributed by atoms with Crippen LogP contribution in [-0.4, -0.2) is 31.7 Å². The molecular weight excluding hydrogens is 276 g/mol. The minimum atomic E-state index is 0.582. The lowest BCUT2D eigenvalue weighted by Gasteiger charge is -2.02. The first-order chi connectivity index (χ1) is 9.79. The molecule has 6 nitrogen and oxygen atoms in total. The molecule has 3 N–H and O–H groups in total. The van der Waals surface area contributed by atoms with Gasteiger partial charge in [0.15, 0.2) is 5.15 Å². The Morgan fingerprint density at radius 2 is 2.10 bits per heavy atom. The molecule has 0 saturated carbocycles. The van der Waals surface area contributed by atoms with Gasteiger partial charge in [-0.25, -0.2) is 9.97 Å². The molecule has 2 heterocycles. The van der Waals surface area contributed by atoms with Crippen molar-refractivity contribution in [1.29, 1.82) is 0 Å². The number of rotatable bonds is 9. The smallest absolute Gasteiger partial charge is 0.151 e. The summed E-state index contributed by atoms with van der Waals surface area (Å²) in [5.41, 5.74) is 0.970. The van der Waals surface area contributed by atoms with Crippen LogP contribution in [0.3, 0.4) is 0 Å². The molecule has 2 rings (SSSR count). The molecule has 0 aliphatic rings. The van der Waals surface area contributed by atoms with Crippen molar-refractivity contribution in [1.82, 2.24) is 30.5 Å². The number of unbranched alkanes of at least 4 members (excludes halogenated alkanes) is 1. The minimum absolute atomic E-state index is 0.582. The quantitative estimate of drug-likeness (QED) is 0.620. The number of imidazole rings is 1. The van der Waals surface area contributed by atoms with Crippen LogP contribution in [0.4, 0.5) is 0 Å². The van der Waals surface area contributed by atoms with Crippen LogP contribution >= 0.6 is 11.6 Å². The van der Waals surface area contributed by atoms with Gasteiger partial charge in [0.25, 0.3) is 0 Å². The summed E-state index contributed by atoms with van der Waals surface area (Å²) in [6, 6.07) is 0. The molecule has 0 radical (unpaired) electrons. The third-order valence-electron chi connectivity index (χ3n) is 3.08. The Bertz CT molecular complexity index is 493. The van der Waals surface area contributed by atoms with Crippen LogP contribution in [0.15, 0.2) is 6.33 Å². The fraction of sp³-hybridized carbons (Fsp3) is 0.615. The number of aromatic amines is 2. The molecular formula is C13H21ClN6. The third kappa shape index (κ3) is 4.61. The van der Waals surface area contributed by atoms with Crippen LogP contribution in [0.2, 0.25) is 5.15 Å². The maximum absolute atomic E-state index is 6.11. The van der Waals surface area contributed by atoms with Crippen LogP contribution < -0.4 is 5.32 Å². The van der Waals surface area contributed by atoms with E-state index in [-0.39, 0.29) is 0 Å². The molecule has 2 aromatic heterocycles. The Balaban J connectivity index is 1.67. The van der Waals surface area contributed by atoms with E-state index in [4.69, 9.17) is 11.6 Å². The summed E-state index contributed by atoms with van der Waals surface area (Å²) < 4.78 is 0. The lowest BCUT2D eigenvalue weighted by Crippen LogP contribution is -2.16. The normalized spacial score (nSPS) is 11.1. The zero-order valence-corrected chi connectivity index (χ0v) is 12.5. The van der Waals surface area contributed by atoms with Gasteiger partial charge >= 0.3 is 0 Å². The number of H-pyrrole nitrogens is 2. The van der Waals surface area contributed by atoms with Gasteiger partial charge < -0.3 is 10.3 Å². The van der Waals surface area contributed by atoms with Crippen molar-refractivity contribution in [3.05, 3.63) is 28.8 Å². The van der Waals surface area contributed by atoms with Gasteiger partial charge in [0, 0.05) is 19.4 Å². The molecule has 0 bridgehead atoms. The summed E-state index contributed by atoms with van der Waals surface area (Å²) >= 11 is 6.11. The number of halogens is 1. The highest BCUT2D eigenvalue weighted by atomic mass is 35.5. The van der Waals surface area contributed by atoms with Gasteiger partial charge in [0.2, 0.25) is 0 Å². The van der Waals surface area contributed by atoms with Crippen molar-refractivity contribution in [2.45, 2.75) is 45.6 Å². The molecule has 0 aliphatic heterocycles. The predicted molar refractivity (Wildman–Crippen MR) is 78.6 cm³/mol. The summed E-state index contributed by atoms with van der Waals surface area (Å²) in [6.45, 7) is 3.79. The van der Waals surface area contributed by atoms with Crippen LogP contribution in [0.1, 0.15) is 43.5 Å². The molecule has 0 amide bonds. The third-order valence-corrected chi connectivity index (χ3v) is 3.39. The standard InChI is InChI=1S/C13H21ClN6/c1-2-3-5-12-18-10(13(14)19-12)8-15-7-4-6-11-16-9-17-20-11/h9,15H,2-8H2,1H3,(H,18,19)(H,16,17,20). The van der Waals surface area contributed by atoms with Gasteiger partial charge in [-0.2, -0.15) is 5.10 Å². The van der Waals surface area contributed by atoms with Gasteiger partial charge in [-0.3, -0.25) is 5.10 Å². The Morgan fingerprint density at radius 3 is 2.85 bits per heavy atom. The van der Waals surface area contributed by atoms with E-state index < -0.39 is 0 Å². The van der Waals surface area contributed by atoms with Gasteiger partial charge in [0.1, 0.15) is 18.0 Å². The van der Waals surface area contributed by atoms with Crippen LogP contribution in [0.5, 0.6) is 0 Å². The maximum Gasteiger partial charge on any atom is 0.151 e. The maximum atomic E-state index is 6.11. The van der Waals surface area contributed by atoms with Gasteiger partial charge in [-0.15, -0.1) is 0 Å².